The largest absolute Gasteiger partial charge is 0.229 e. The van der Waals surface area contributed by atoms with Crippen molar-refractivity contribution in [3.8, 4) is 0 Å². The van der Waals surface area contributed by atoms with E-state index in [9.17, 15) is 25.6 Å². The topological polar surface area (TPSA) is 68.3 Å². The van der Waals surface area contributed by atoms with E-state index in [1.807, 2.05) is 6.92 Å². The lowest BCUT2D eigenvalue weighted by Gasteiger charge is -2.25. The van der Waals surface area contributed by atoms with Gasteiger partial charge in [0.2, 0.25) is 0 Å². The van der Waals surface area contributed by atoms with Gasteiger partial charge in [0.1, 0.15) is 21.5 Å². The molecule has 8 heteroatoms. The molecule has 0 radical (unpaired) electrons. The highest BCUT2D eigenvalue weighted by atomic mass is 32.2. The van der Waals surface area contributed by atoms with Gasteiger partial charge in [-0.1, -0.05) is 32.4 Å². The Balaban J connectivity index is 2.47. The first-order valence-electron chi connectivity index (χ1n) is 9.91. The molecule has 166 valence electrons. The molecule has 2 unspecified atom stereocenters. The molecule has 0 aliphatic carbocycles. The van der Waals surface area contributed by atoms with E-state index in [0.29, 0.717) is 0 Å². The summed E-state index contributed by atoms with van der Waals surface area (Å²) >= 11 is 0. The summed E-state index contributed by atoms with van der Waals surface area (Å²) in [7, 11) is -7.25. The fourth-order valence-electron chi connectivity index (χ4n) is 3.61. The zero-order chi connectivity index (χ0) is 22.5. The first-order chi connectivity index (χ1) is 14.0. The highest BCUT2D eigenvalue weighted by molar-refractivity contribution is 7.91. The maximum absolute atomic E-state index is 14.6. The number of aryl methyl sites for hydroxylation is 1. The molecular weight excluding hydrogens is 430 g/mol. The van der Waals surface area contributed by atoms with Crippen molar-refractivity contribution in [3.05, 3.63) is 65.2 Å². The first kappa shape index (κ1) is 24.5. The van der Waals surface area contributed by atoms with Crippen molar-refractivity contribution < 1.29 is 25.6 Å². The van der Waals surface area contributed by atoms with Gasteiger partial charge in [0.25, 0.3) is 0 Å². The highest BCUT2D eigenvalue weighted by Crippen LogP contribution is 2.39. The van der Waals surface area contributed by atoms with Gasteiger partial charge < -0.3 is 0 Å². The number of halogens is 2. The lowest BCUT2D eigenvalue weighted by Crippen LogP contribution is -2.23. The van der Waals surface area contributed by atoms with Gasteiger partial charge in [0.05, 0.1) is 10.1 Å². The van der Waals surface area contributed by atoms with E-state index >= 15 is 0 Å². The van der Waals surface area contributed by atoms with Crippen molar-refractivity contribution in [1.29, 1.82) is 0 Å². The molecule has 4 nitrogen and oxygen atoms in total. The summed E-state index contributed by atoms with van der Waals surface area (Å²) in [4.78, 5) is 0.0333. The molecule has 30 heavy (non-hydrogen) atoms. The van der Waals surface area contributed by atoms with Crippen LogP contribution in [0.5, 0.6) is 0 Å². The Hall–Kier alpha value is -1.80. The van der Waals surface area contributed by atoms with Gasteiger partial charge >= 0.3 is 0 Å². The normalized spacial score (nSPS) is 14.4. The predicted octanol–water partition coefficient (Wildman–Crippen LogP) is 4.89. The zero-order valence-electron chi connectivity index (χ0n) is 17.4. The summed E-state index contributed by atoms with van der Waals surface area (Å²) < 4.78 is 78.2. The minimum absolute atomic E-state index is 0.0333. The monoisotopic (exact) mass is 458 g/mol. The van der Waals surface area contributed by atoms with Crippen LogP contribution < -0.4 is 0 Å². The van der Waals surface area contributed by atoms with E-state index in [1.54, 1.807) is 19.1 Å². The predicted molar refractivity (Wildman–Crippen MR) is 115 cm³/mol. The van der Waals surface area contributed by atoms with Crippen molar-refractivity contribution in [2.24, 2.45) is 5.92 Å². The molecule has 0 amide bonds. The van der Waals surface area contributed by atoms with Gasteiger partial charge in [0.15, 0.2) is 9.84 Å². The summed E-state index contributed by atoms with van der Waals surface area (Å²) in [5, 5.41) is -1.33. The summed E-state index contributed by atoms with van der Waals surface area (Å²) in [5.74, 6) is -2.25. The van der Waals surface area contributed by atoms with Crippen LogP contribution in [0.3, 0.4) is 0 Å². The Bertz CT molecular complexity index is 1060. The number of sulfone groups is 2. The molecule has 0 saturated carbocycles. The second kappa shape index (κ2) is 10.0. The number of benzene rings is 2. The van der Waals surface area contributed by atoms with Crippen LogP contribution in [0.25, 0.3) is 0 Å². The van der Waals surface area contributed by atoms with Gasteiger partial charge in [0, 0.05) is 17.6 Å². The first-order valence-corrected chi connectivity index (χ1v) is 13.5. The molecule has 2 aromatic carbocycles. The molecular formula is C22H28F2O4S2. The van der Waals surface area contributed by atoms with E-state index in [0.717, 1.165) is 42.9 Å². The Morgan fingerprint density at radius 3 is 2.17 bits per heavy atom. The molecule has 2 atom stereocenters. The Morgan fingerprint density at radius 2 is 1.60 bits per heavy atom. The zero-order valence-corrected chi connectivity index (χ0v) is 19.1. The quantitative estimate of drug-likeness (QED) is 0.508. The standard InChI is InChI=1S/C22H28F2O4S2/c1-4-6-17-8-11-19(12-9-17)30(27,28)22(16(2)7-5-14-29(3,25)26)20-15-18(23)10-13-21(20)24/h8-13,15-16,22H,4-7,14H2,1-3H3. The minimum Gasteiger partial charge on any atom is -0.229 e. The summed E-state index contributed by atoms with van der Waals surface area (Å²) in [6, 6.07) is 9.21. The maximum atomic E-state index is 14.6. The average molecular weight is 459 g/mol. The molecule has 2 aromatic rings. The molecule has 0 bridgehead atoms. The van der Waals surface area contributed by atoms with Crippen LogP contribution in [0.1, 0.15) is 49.5 Å². The average Bonchev–Trinajstić information content (AvgIpc) is 2.64. The second-order valence-electron chi connectivity index (χ2n) is 7.77. The summed E-state index contributed by atoms with van der Waals surface area (Å²) in [6.45, 7) is 3.64. The Kier molecular flexibility index (Phi) is 8.16. The van der Waals surface area contributed by atoms with E-state index in [2.05, 4.69) is 0 Å². The van der Waals surface area contributed by atoms with Gasteiger partial charge in [-0.2, -0.15) is 0 Å². The molecule has 0 fully saturated rings. The minimum atomic E-state index is -4.05. The van der Waals surface area contributed by atoms with Crippen molar-refractivity contribution in [3.63, 3.8) is 0 Å². The SMILES string of the molecule is CCCc1ccc(S(=O)(=O)C(c2cc(F)ccc2F)C(C)CCCS(C)(=O)=O)cc1. The van der Waals surface area contributed by atoms with Crippen molar-refractivity contribution in [2.75, 3.05) is 12.0 Å². The van der Waals surface area contributed by atoms with Crippen molar-refractivity contribution in [2.45, 2.75) is 49.7 Å². The van der Waals surface area contributed by atoms with Crippen LogP contribution in [-0.4, -0.2) is 28.8 Å². The summed E-state index contributed by atoms with van der Waals surface area (Å²) in [6.07, 6.45) is 3.31. The molecule has 0 saturated heterocycles. The van der Waals surface area contributed by atoms with E-state index in [4.69, 9.17) is 0 Å². The third-order valence-corrected chi connectivity index (χ3v) is 8.43. The van der Waals surface area contributed by atoms with Crippen LogP contribution in [-0.2, 0) is 26.1 Å². The van der Waals surface area contributed by atoms with Crippen molar-refractivity contribution >= 4 is 19.7 Å². The molecule has 0 N–H and O–H groups in total. The third-order valence-electron chi connectivity index (χ3n) is 5.08. The van der Waals surface area contributed by atoms with Crippen molar-refractivity contribution in [1.82, 2.24) is 0 Å². The number of hydrogen-bond acceptors (Lipinski definition) is 4. The van der Waals surface area contributed by atoms with Crippen LogP contribution >= 0.6 is 0 Å². The number of hydrogen-bond donors (Lipinski definition) is 0. The second-order valence-corrected chi connectivity index (χ2v) is 12.1. The maximum Gasteiger partial charge on any atom is 0.185 e. The van der Waals surface area contributed by atoms with E-state index < -0.39 is 42.5 Å². The van der Waals surface area contributed by atoms with Crippen LogP contribution in [0.2, 0.25) is 0 Å². The molecule has 0 heterocycles. The Morgan fingerprint density at radius 1 is 0.967 bits per heavy atom. The Labute approximate surface area is 178 Å². The summed E-state index contributed by atoms with van der Waals surface area (Å²) in [5.41, 5.74) is 0.755. The van der Waals surface area contributed by atoms with Crippen LogP contribution in [0, 0.1) is 17.6 Å². The highest BCUT2D eigenvalue weighted by Gasteiger charge is 2.36. The van der Waals surface area contributed by atoms with Gasteiger partial charge in [-0.15, -0.1) is 0 Å². The lowest BCUT2D eigenvalue weighted by atomic mass is 9.96. The van der Waals surface area contributed by atoms with Gasteiger partial charge in [-0.05, 0) is 61.1 Å². The fourth-order valence-corrected chi connectivity index (χ4v) is 6.37. The van der Waals surface area contributed by atoms with Crippen LogP contribution in [0.4, 0.5) is 8.78 Å². The number of rotatable bonds is 10. The van der Waals surface area contributed by atoms with Gasteiger partial charge in [-0.25, -0.2) is 25.6 Å². The molecule has 0 aliphatic rings. The smallest absolute Gasteiger partial charge is 0.185 e. The molecule has 0 spiro atoms. The molecule has 2 rings (SSSR count). The fraction of sp³-hybridized carbons (Fsp3) is 0.455. The van der Waals surface area contributed by atoms with E-state index in [1.165, 1.54) is 12.1 Å². The van der Waals surface area contributed by atoms with Gasteiger partial charge in [-0.3, -0.25) is 0 Å². The molecule has 0 aromatic heterocycles. The van der Waals surface area contributed by atoms with Crippen LogP contribution in [0.15, 0.2) is 47.4 Å². The lowest BCUT2D eigenvalue weighted by molar-refractivity contribution is 0.463. The third kappa shape index (κ3) is 6.35. The van der Waals surface area contributed by atoms with E-state index in [-0.39, 0.29) is 29.1 Å². The molecule has 0 aliphatic heterocycles.